The van der Waals surface area contributed by atoms with Crippen molar-refractivity contribution >= 4 is 11.8 Å². The summed E-state index contributed by atoms with van der Waals surface area (Å²) in [7, 11) is 0. The van der Waals surface area contributed by atoms with Crippen molar-refractivity contribution in [2.45, 2.75) is 30.9 Å². The molecular formula is C23H26N2O4. The van der Waals surface area contributed by atoms with Gasteiger partial charge in [-0.3, -0.25) is 9.59 Å². The van der Waals surface area contributed by atoms with Crippen LogP contribution in [0.1, 0.15) is 41.2 Å². The Kier molecular flexibility index (Phi) is 5.39. The lowest BCUT2D eigenvalue weighted by molar-refractivity contribution is -0.123. The van der Waals surface area contributed by atoms with Crippen LogP contribution in [-0.2, 0) is 9.53 Å². The summed E-state index contributed by atoms with van der Waals surface area (Å²) >= 11 is 0. The van der Waals surface area contributed by atoms with Gasteiger partial charge in [0.05, 0.1) is 31.3 Å². The molecule has 3 aliphatic rings. The molecule has 2 saturated heterocycles. The largest absolute Gasteiger partial charge is 0.396 e. The number of carbonyl (C=O) groups excluding carboxylic acids is 2. The zero-order chi connectivity index (χ0) is 20.3. The molecule has 1 atom stereocenters. The highest BCUT2D eigenvalue weighted by molar-refractivity contribution is 5.94. The van der Waals surface area contributed by atoms with E-state index in [1.165, 1.54) is 0 Å². The first-order chi connectivity index (χ1) is 14.0. The molecule has 2 aliphatic heterocycles. The molecule has 152 valence electrons. The van der Waals surface area contributed by atoms with Gasteiger partial charge in [-0.25, -0.2) is 0 Å². The predicted octanol–water partition coefficient (Wildman–Crippen LogP) is 2.21. The first kappa shape index (κ1) is 19.6. The Morgan fingerprint density at radius 1 is 1.03 bits per heavy atom. The summed E-state index contributed by atoms with van der Waals surface area (Å²) in [6, 6.07) is 18.0. The van der Waals surface area contributed by atoms with E-state index in [9.17, 15) is 14.7 Å². The van der Waals surface area contributed by atoms with E-state index in [1.807, 2.05) is 48.5 Å². The van der Waals surface area contributed by atoms with Gasteiger partial charge in [0.2, 0.25) is 5.91 Å². The van der Waals surface area contributed by atoms with E-state index < -0.39 is 6.04 Å². The number of hydrogen-bond donors (Lipinski definition) is 3. The molecule has 3 fully saturated rings. The molecular weight excluding hydrogens is 368 g/mol. The normalized spacial score (nSPS) is 25.7. The van der Waals surface area contributed by atoms with Crippen molar-refractivity contribution in [3.05, 3.63) is 71.8 Å². The maximum atomic E-state index is 12.6. The highest BCUT2D eigenvalue weighted by Gasteiger charge is 2.61. The number of carbonyl (C=O) groups is 2. The van der Waals surface area contributed by atoms with E-state index in [4.69, 9.17) is 4.74 Å². The Morgan fingerprint density at radius 2 is 1.69 bits per heavy atom. The van der Waals surface area contributed by atoms with Gasteiger partial charge in [-0.05, 0) is 30.5 Å². The summed E-state index contributed by atoms with van der Waals surface area (Å²) in [5.74, 6) is -0.352. The molecule has 3 N–H and O–H groups in total. The Labute approximate surface area is 170 Å². The number of rotatable bonds is 8. The van der Waals surface area contributed by atoms with Crippen molar-refractivity contribution in [2.75, 3.05) is 19.8 Å². The van der Waals surface area contributed by atoms with E-state index in [1.54, 1.807) is 12.1 Å². The average Bonchev–Trinajstić information content (AvgIpc) is 3.29. The molecule has 2 amide bonds. The lowest BCUT2D eigenvalue weighted by Crippen LogP contribution is -2.53. The molecule has 5 rings (SSSR count). The second-order valence-electron chi connectivity index (χ2n) is 8.27. The second-order valence-corrected chi connectivity index (χ2v) is 8.27. The fourth-order valence-electron chi connectivity index (χ4n) is 4.44. The third-order valence-electron chi connectivity index (χ3n) is 5.95. The van der Waals surface area contributed by atoms with Gasteiger partial charge >= 0.3 is 0 Å². The Bertz CT molecular complexity index is 863. The van der Waals surface area contributed by atoms with E-state index in [-0.39, 0.29) is 35.9 Å². The van der Waals surface area contributed by atoms with Gasteiger partial charge in [0.15, 0.2) is 0 Å². The summed E-state index contributed by atoms with van der Waals surface area (Å²) in [4.78, 5) is 25.3. The van der Waals surface area contributed by atoms with E-state index in [0.717, 1.165) is 18.4 Å². The van der Waals surface area contributed by atoms with Crippen molar-refractivity contribution in [3.63, 3.8) is 0 Å². The number of aliphatic hydroxyl groups excluding tert-OH is 1. The Balaban J connectivity index is 1.38. The summed E-state index contributed by atoms with van der Waals surface area (Å²) in [6.07, 6.45) is 1.71. The first-order valence-corrected chi connectivity index (χ1v) is 9.96. The SMILES string of the molecule is O=C(CC(NC(=O)c1ccccc1)c1ccccc1)NCC12CC(CO)(CO1)C2. The lowest BCUT2D eigenvalue weighted by Gasteiger charge is -2.43. The highest BCUT2D eigenvalue weighted by atomic mass is 16.5. The quantitative estimate of drug-likeness (QED) is 0.641. The summed E-state index contributed by atoms with van der Waals surface area (Å²) in [5.41, 5.74) is 0.988. The van der Waals surface area contributed by atoms with Crippen LogP contribution in [0.15, 0.2) is 60.7 Å². The molecule has 6 nitrogen and oxygen atoms in total. The standard InChI is InChI=1S/C23H26N2O4/c26-15-22-12-23(13-22,29-16-22)14-24-20(27)11-19(17-7-3-1-4-8-17)25-21(28)18-9-5-2-6-10-18/h1-10,19,26H,11-16H2,(H,24,27)(H,25,28). The maximum absolute atomic E-state index is 12.6. The monoisotopic (exact) mass is 394 g/mol. The molecule has 2 bridgehead atoms. The van der Waals surface area contributed by atoms with Crippen LogP contribution < -0.4 is 10.6 Å². The van der Waals surface area contributed by atoms with Gasteiger partial charge in [-0.1, -0.05) is 48.5 Å². The predicted molar refractivity (Wildman–Crippen MR) is 108 cm³/mol. The van der Waals surface area contributed by atoms with Crippen molar-refractivity contribution in [1.82, 2.24) is 10.6 Å². The van der Waals surface area contributed by atoms with Gasteiger partial charge in [0.1, 0.15) is 0 Å². The van der Waals surface area contributed by atoms with Gasteiger partial charge in [-0.15, -0.1) is 0 Å². The molecule has 2 aromatic rings. The fourth-order valence-corrected chi connectivity index (χ4v) is 4.44. The lowest BCUT2D eigenvalue weighted by atomic mass is 9.63. The molecule has 1 saturated carbocycles. The van der Waals surface area contributed by atoms with Gasteiger partial charge in [0.25, 0.3) is 5.91 Å². The molecule has 29 heavy (non-hydrogen) atoms. The van der Waals surface area contributed by atoms with Crippen molar-refractivity contribution in [3.8, 4) is 0 Å². The molecule has 2 aromatic carbocycles. The van der Waals surface area contributed by atoms with Crippen LogP contribution in [0, 0.1) is 5.41 Å². The van der Waals surface area contributed by atoms with Crippen LogP contribution in [0.2, 0.25) is 0 Å². The van der Waals surface area contributed by atoms with Crippen LogP contribution in [0.3, 0.4) is 0 Å². The average molecular weight is 394 g/mol. The molecule has 1 unspecified atom stereocenters. The second kappa shape index (κ2) is 7.97. The van der Waals surface area contributed by atoms with Crippen molar-refractivity contribution in [2.24, 2.45) is 5.41 Å². The molecule has 6 heteroatoms. The smallest absolute Gasteiger partial charge is 0.251 e. The minimum absolute atomic E-state index is 0.110. The van der Waals surface area contributed by atoms with Crippen LogP contribution in [-0.4, -0.2) is 42.3 Å². The number of amides is 2. The Hall–Kier alpha value is -2.70. The van der Waals surface area contributed by atoms with Crippen LogP contribution in [0.5, 0.6) is 0 Å². The molecule has 1 aliphatic carbocycles. The summed E-state index contributed by atoms with van der Waals surface area (Å²) < 4.78 is 5.83. The van der Waals surface area contributed by atoms with E-state index in [0.29, 0.717) is 18.7 Å². The van der Waals surface area contributed by atoms with Crippen molar-refractivity contribution in [1.29, 1.82) is 0 Å². The third-order valence-corrected chi connectivity index (χ3v) is 5.95. The topological polar surface area (TPSA) is 87.7 Å². The van der Waals surface area contributed by atoms with Gasteiger partial charge in [-0.2, -0.15) is 0 Å². The number of nitrogens with one attached hydrogen (secondary N) is 2. The number of aliphatic hydroxyl groups is 1. The fraction of sp³-hybridized carbons (Fsp3) is 0.391. The highest BCUT2D eigenvalue weighted by Crippen LogP contribution is 2.57. The molecule has 0 spiro atoms. The van der Waals surface area contributed by atoms with Crippen LogP contribution in [0.25, 0.3) is 0 Å². The summed E-state index contributed by atoms with van der Waals surface area (Å²) in [5, 5.41) is 15.4. The minimum Gasteiger partial charge on any atom is -0.396 e. The zero-order valence-corrected chi connectivity index (χ0v) is 16.3. The third kappa shape index (κ3) is 4.18. The molecule has 0 aromatic heterocycles. The minimum atomic E-state index is -0.427. The molecule has 2 heterocycles. The van der Waals surface area contributed by atoms with Gasteiger partial charge in [0, 0.05) is 17.5 Å². The Morgan fingerprint density at radius 3 is 2.31 bits per heavy atom. The van der Waals surface area contributed by atoms with Crippen LogP contribution >= 0.6 is 0 Å². The number of benzene rings is 2. The number of ether oxygens (including phenoxy) is 1. The van der Waals surface area contributed by atoms with Crippen LogP contribution in [0.4, 0.5) is 0 Å². The number of hydrogen-bond acceptors (Lipinski definition) is 4. The first-order valence-electron chi connectivity index (χ1n) is 9.96. The summed E-state index contributed by atoms with van der Waals surface area (Å²) in [6.45, 7) is 1.12. The van der Waals surface area contributed by atoms with Crippen molar-refractivity contribution < 1.29 is 19.4 Å². The number of fused-ring (bicyclic) bond motifs is 1. The van der Waals surface area contributed by atoms with E-state index in [2.05, 4.69) is 10.6 Å². The van der Waals surface area contributed by atoms with E-state index >= 15 is 0 Å². The molecule has 0 radical (unpaired) electrons. The maximum Gasteiger partial charge on any atom is 0.251 e. The van der Waals surface area contributed by atoms with Gasteiger partial charge < -0.3 is 20.5 Å². The zero-order valence-electron chi connectivity index (χ0n) is 16.3.